The molecule has 2 atom stereocenters. The predicted molar refractivity (Wildman–Crippen MR) is 108 cm³/mol. The van der Waals surface area contributed by atoms with E-state index in [0.29, 0.717) is 12.1 Å². The van der Waals surface area contributed by atoms with Gasteiger partial charge in [-0.1, -0.05) is 37.3 Å². The van der Waals surface area contributed by atoms with Crippen molar-refractivity contribution in [3.63, 3.8) is 0 Å². The minimum atomic E-state index is -0.171. The summed E-state index contributed by atoms with van der Waals surface area (Å²) in [6, 6.07) is 15.5. The second-order valence-corrected chi connectivity index (χ2v) is 7.19. The third-order valence-corrected chi connectivity index (χ3v) is 5.05. The SMILES string of the molecule is CCC(C)NC(=O)NCc1ccc2c(c1)N(C(=O)c1ccccc1)C(C)C2. The van der Waals surface area contributed by atoms with Crippen LogP contribution in [0.15, 0.2) is 48.5 Å². The number of nitrogens with zero attached hydrogens (tertiary/aromatic N) is 1. The summed E-state index contributed by atoms with van der Waals surface area (Å²) in [5.41, 5.74) is 3.78. The van der Waals surface area contributed by atoms with Gasteiger partial charge in [0.05, 0.1) is 0 Å². The highest BCUT2D eigenvalue weighted by molar-refractivity contribution is 6.07. The summed E-state index contributed by atoms with van der Waals surface area (Å²) in [5.74, 6) is 0.0153. The smallest absolute Gasteiger partial charge is 0.315 e. The molecule has 0 saturated carbocycles. The Hall–Kier alpha value is -2.82. The fourth-order valence-electron chi connectivity index (χ4n) is 3.35. The topological polar surface area (TPSA) is 61.4 Å². The van der Waals surface area contributed by atoms with Crippen LogP contribution in [0.2, 0.25) is 0 Å². The lowest BCUT2D eigenvalue weighted by Gasteiger charge is -2.23. The zero-order chi connectivity index (χ0) is 19.4. The monoisotopic (exact) mass is 365 g/mol. The molecule has 2 aromatic rings. The van der Waals surface area contributed by atoms with Gasteiger partial charge < -0.3 is 15.5 Å². The van der Waals surface area contributed by atoms with Crippen molar-refractivity contribution in [3.05, 3.63) is 65.2 Å². The van der Waals surface area contributed by atoms with Gasteiger partial charge in [0.1, 0.15) is 0 Å². The zero-order valence-electron chi connectivity index (χ0n) is 16.2. The van der Waals surface area contributed by atoms with Crippen molar-refractivity contribution in [3.8, 4) is 0 Å². The Morgan fingerprint density at radius 1 is 1.19 bits per heavy atom. The zero-order valence-corrected chi connectivity index (χ0v) is 16.2. The van der Waals surface area contributed by atoms with Crippen LogP contribution in [0.5, 0.6) is 0 Å². The molecule has 0 fully saturated rings. The van der Waals surface area contributed by atoms with E-state index < -0.39 is 0 Å². The number of hydrogen-bond acceptors (Lipinski definition) is 2. The van der Waals surface area contributed by atoms with E-state index in [1.165, 1.54) is 5.56 Å². The van der Waals surface area contributed by atoms with Gasteiger partial charge in [-0.3, -0.25) is 4.79 Å². The molecule has 1 aliphatic rings. The Labute approximate surface area is 160 Å². The summed E-state index contributed by atoms with van der Waals surface area (Å²) in [5, 5.41) is 5.78. The average Bonchev–Trinajstić information content (AvgIpc) is 3.01. The van der Waals surface area contributed by atoms with Gasteiger partial charge in [0.15, 0.2) is 0 Å². The Kier molecular flexibility index (Phi) is 5.79. The van der Waals surface area contributed by atoms with Crippen molar-refractivity contribution < 1.29 is 9.59 Å². The first-order valence-electron chi connectivity index (χ1n) is 9.54. The van der Waals surface area contributed by atoms with Crippen LogP contribution in [-0.4, -0.2) is 24.0 Å². The van der Waals surface area contributed by atoms with E-state index in [1.54, 1.807) is 0 Å². The molecule has 2 unspecified atom stereocenters. The Bertz CT molecular complexity index is 820. The van der Waals surface area contributed by atoms with E-state index in [1.807, 2.05) is 61.2 Å². The van der Waals surface area contributed by atoms with Crippen LogP contribution in [0, 0.1) is 0 Å². The quantitative estimate of drug-likeness (QED) is 0.845. The highest BCUT2D eigenvalue weighted by Gasteiger charge is 2.31. The molecule has 2 aromatic carbocycles. The van der Waals surface area contributed by atoms with Gasteiger partial charge in [0, 0.05) is 29.9 Å². The number of carbonyl (C=O) groups excluding carboxylic acids is 2. The van der Waals surface area contributed by atoms with E-state index >= 15 is 0 Å². The van der Waals surface area contributed by atoms with Crippen LogP contribution in [-0.2, 0) is 13.0 Å². The fraction of sp³-hybridized carbons (Fsp3) is 0.364. The average molecular weight is 365 g/mol. The van der Waals surface area contributed by atoms with Crippen LogP contribution in [0.1, 0.15) is 48.7 Å². The molecule has 5 nitrogen and oxygen atoms in total. The largest absolute Gasteiger partial charge is 0.336 e. The van der Waals surface area contributed by atoms with Gasteiger partial charge in [0.25, 0.3) is 5.91 Å². The molecule has 0 radical (unpaired) electrons. The third-order valence-electron chi connectivity index (χ3n) is 5.05. The van der Waals surface area contributed by atoms with Gasteiger partial charge >= 0.3 is 6.03 Å². The van der Waals surface area contributed by atoms with E-state index in [-0.39, 0.29) is 24.0 Å². The number of carbonyl (C=O) groups is 2. The number of fused-ring (bicyclic) bond motifs is 1. The maximum atomic E-state index is 13.0. The molecule has 142 valence electrons. The van der Waals surface area contributed by atoms with Crippen molar-refractivity contribution >= 4 is 17.6 Å². The molecule has 0 saturated heterocycles. The number of urea groups is 1. The van der Waals surface area contributed by atoms with Crippen molar-refractivity contribution in [1.82, 2.24) is 10.6 Å². The standard InChI is InChI=1S/C22H27N3O2/c1-4-15(2)24-22(27)23-14-17-10-11-19-12-16(3)25(20(19)13-17)21(26)18-8-6-5-7-9-18/h5-11,13,15-16H,4,12,14H2,1-3H3,(H2,23,24,27). The molecule has 0 aromatic heterocycles. The minimum Gasteiger partial charge on any atom is -0.336 e. The van der Waals surface area contributed by atoms with Crippen LogP contribution < -0.4 is 15.5 Å². The van der Waals surface area contributed by atoms with E-state index in [0.717, 1.165) is 24.1 Å². The first-order chi connectivity index (χ1) is 13.0. The minimum absolute atomic E-state index is 0.0153. The molecule has 3 amide bonds. The van der Waals surface area contributed by atoms with Gasteiger partial charge in [0.2, 0.25) is 0 Å². The van der Waals surface area contributed by atoms with Crippen LogP contribution in [0.3, 0.4) is 0 Å². The van der Waals surface area contributed by atoms with Crippen LogP contribution >= 0.6 is 0 Å². The molecule has 0 spiro atoms. The summed E-state index contributed by atoms with van der Waals surface area (Å²) in [7, 11) is 0. The van der Waals surface area contributed by atoms with E-state index in [4.69, 9.17) is 0 Å². The van der Waals surface area contributed by atoms with Crippen molar-refractivity contribution in [2.75, 3.05) is 4.90 Å². The van der Waals surface area contributed by atoms with E-state index in [2.05, 4.69) is 23.6 Å². The number of amides is 3. The normalized spacial score (nSPS) is 16.6. The second kappa shape index (κ2) is 8.25. The summed E-state index contributed by atoms with van der Waals surface area (Å²) in [4.78, 5) is 26.8. The number of benzene rings is 2. The molecule has 5 heteroatoms. The lowest BCUT2D eigenvalue weighted by molar-refractivity contribution is 0.0981. The van der Waals surface area contributed by atoms with Gasteiger partial charge in [-0.15, -0.1) is 0 Å². The lowest BCUT2D eigenvalue weighted by atomic mass is 10.1. The van der Waals surface area contributed by atoms with E-state index in [9.17, 15) is 9.59 Å². The molecule has 1 aliphatic heterocycles. The van der Waals surface area contributed by atoms with Crippen LogP contribution in [0.4, 0.5) is 10.5 Å². The summed E-state index contributed by atoms with van der Waals surface area (Å²) in [6.45, 7) is 6.50. The number of anilines is 1. The second-order valence-electron chi connectivity index (χ2n) is 7.19. The highest BCUT2D eigenvalue weighted by Crippen LogP contribution is 2.34. The van der Waals surface area contributed by atoms with Gasteiger partial charge in [-0.2, -0.15) is 0 Å². The van der Waals surface area contributed by atoms with Crippen molar-refractivity contribution in [2.24, 2.45) is 0 Å². The maximum absolute atomic E-state index is 13.0. The molecule has 27 heavy (non-hydrogen) atoms. The lowest BCUT2D eigenvalue weighted by Crippen LogP contribution is -2.40. The first kappa shape index (κ1) is 19.0. The number of rotatable bonds is 5. The Morgan fingerprint density at radius 2 is 1.93 bits per heavy atom. The van der Waals surface area contributed by atoms with Crippen molar-refractivity contribution in [2.45, 2.75) is 52.2 Å². The van der Waals surface area contributed by atoms with Gasteiger partial charge in [-0.05, 0) is 56.0 Å². The fourth-order valence-corrected chi connectivity index (χ4v) is 3.35. The summed E-state index contributed by atoms with van der Waals surface area (Å²) in [6.07, 6.45) is 1.73. The molecular formula is C22H27N3O2. The molecule has 1 heterocycles. The highest BCUT2D eigenvalue weighted by atomic mass is 16.2. The van der Waals surface area contributed by atoms with Crippen LogP contribution in [0.25, 0.3) is 0 Å². The molecule has 0 bridgehead atoms. The predicted octanol–water partition coefficient (Wildman–Crippen LogP) is 3.88. The number of nitrogens with one attached hydrogen (secondary N) is 2. The van der Waals surface area contributed by atoms with Crippen molar-refractivity contribution in [1.29, 1.82) is 0 Å². The first-order valence-corrected chi connectivity index (χ1v) is 9.54. The Morgan fingerprint density at radius 3 is 2.63 bits per heavy atom. The third kappa shape index (κ3) is 4.30. The molecule has 2 N–H and O–H groups in total. The summed E-state index contributed by atoms with van der Waals surface area (Å²) >= 11 is 0. The molecule has 3 rings (SSSR count). The van der Waals surface area contributed by atoms with Gasteiger partial charge in [-0.25, -0.2) is 4.79 Å². The maximum Gasteiger partial charge on any atom is 0.315 e. The summed E-state index contributed by atoms with van der Waals surface area (Å²) < 4.78 is 0. The Balaban J connectivity index is 1.75. The molecular weight excluding hydrogens is 338 g/mol. The number of hydrogen-bond donors (Lipinski definition) is 2. The molecule has 0 aliphatic carbocycles.